The zero-order valence-electron chi connectivity index (χ0n) is 18.7. The molecule has 0 saturated carbocycles. The van der Waals surface area contributed by atoms with Crippen LogP contribution >= 0.6 is 0 Å². The maximum Gasteiger partial charge on any atom is 0.324 e. The zero-order valence-corrected chi connectivity index (χ0v) is 18.7. The van der Waals surface area contributed by atoms with E-state index in [1.54, 1.807) is 27.8 Å². The van der Waals surface area contributed by atoms with Crippen LogP contribution in [-0.4, -0.2) is 68.8 Å². The first-order valence-corrected chi connectivity index (χ1v) is 10.6. The van der Waals surface area contributed by atoms with E-state index in [-0.39, 0.29) is 23.6 Å². The smallest absolute Gasteiger partial charge is 0.324 e. The van der Waals surface area contributed by atoms with Gasteiger partial charge in [0.15, 0.2) is 5.76 Å². The molecule has 3 aromatic heterocycles. The number of nitrogens with one attached hydrogen (secondary N) is 1. The number of rotatable bonds is 4. The zero-order chi connectivity index (χ0) is 22.8. The summed E-state index contributed by atoms with van der Waals surface area (Å²) in [5.41, 5.74) is 1.48. The monoisotopic (exact) mass is 437 g/mol. The van der Waals surface area contributed by atoms with E-state index in [1.807, 2.05) is 33.9 Å². The van der Waals surface area contributed by atoms with Crippen LogP contribution in [0.15, 0.2) is 39.7 Å². The lowest BCUT2D eigenvalue weighted by molar-refractivity contribution is 0.164. The molecule has 0 atom stereocenters. The van der Waals surface area contributed by atoms with E-state index in [1.165, 1.54) is 6.07 Å². The molecule has 1 aliphatic heterocycles. The van der Waals surface area contributed by atoms with Gasteiger partial charge in [-0.1, -0.05) is 0 Å². The molecule has 0 aromatic carbocycles. The molecule has 2 amide bonds. The normalized spacial score (nSPS) is 14.7. The third-order valence-electron chi connectivity index (χ3n) is 5.44. The first-order valence-electron chi connectivity index (χ1n) is 10.6. The third-order valence-corrected chi connectivity index (χ3v) is 5.44. The Morgan fingerprint density at radius 1 is 1.06 bits per heavy atom. The Bertz CT molecular complexity index is 1180. The van der Waals surface area contributed by atoms with Crippen LogP contribution in [0.3, 0.4) is 0 Å². The van der Waals surface area contributed by atoms with Crippen molar-refractivity contribution in [3.05, 3.63) is 46.6 Å². The number of aromatic nitrogens is 4. The van der Waals surface area contributed by atoms with E-state index in [2.05, 4.69) is 25.4 Å². The molecule has 1 saturated heterocycles. The van der Waals surface area contributed by atoms with Crippen LogP contribution in [0.2, 0.25) is 0 Å². The number of urea groups is 1. The minimum Gasteiger partial charge on any atom is -0.460 e. The van der Waals surface area contributed by atoms with E-state index in [4.69, 9.17) is 4.42 Å². The van der Waals surface area contributed by atoms with Gasteiger partial charge in [0.05, 0.1) is 0 Å². The van der Waals surface area contributed by atoms with Crippen molar-refractivity contribution >= 4 is 12.0 Å². The minimum absolute atomic E-state index is 0.0141. The van der Waals surface area contributed by atoms with E-state index >= 15 is 0 Å². The second-order valence-electron chi connectivity index (χ2n) is 8.22. The highest BCUT2D eigenvalue weighted by molar-refractivity contribution is 5.88. The maximum absolute atomic E-state index is 12.7. The number of likely N-dealkylation sites (N-methyl/N-ethyl adjacent to an activating group) is 1. The molecule has 1 aliphatic rings. The SMILES string of the molecule is Cc1ccc(-c2nc(NC(=O)N3CCN(C)CC3)nnc2-c2ccc(=O)n(C(C)C)c2)o1. The van der Waals surface area contributed by atoms with Crippen molar-refractivity contribution in [3.8, 4) is 22.7 Å². The van der Waals surface area contributed by atoms with Crippen LogP contribution in [0, 0.1) is 6.92 Å². The van der Waals surface area contributed by atoms with E-state index in [9.17, 15) is 9.59 Å². The molecule has 0 spiro atoms. The van der Waals surface area contributed by atoms with Gasteiger partial charge in [-0.05, 0) is 46.0 Å². The Morgan fingerprint density at radius 3 is 2.47 bits per heavy atom. The number of amides is 2. The summed E-state index contributed by atoms with van der Waals surface area (Å²) in [6.07, 6.45) is 1.74. The number of aryl methyl sites for hydroxylation is 1. The average molecular weight is 438 g/mol. The van der Waals surface area contributed by atoms with Crippen molar-refractivity contribution in [2.24, 2.45) is 0 Å². The molecule has 0 unspecified atom stereocenters. The molecular weight excluding hydrogens is 410 g/mol. The van der Waals surface area contributed by atoms with Gasteiger partial charge in [0.25, 0.3) is 11.5 Å². The van der Waals surface area contributed by atoms with Crippen molar-refractivity contribution in [1.82, 2.24) is 29.5 Å². The fourth-order valence-electron chi connectivity index (χ4n) is 3.54. The quantitative estimate of drug-likeness (QED) is 0.668. The summed E-state index contributed by atoms with van der Waals surface area (Å²) in [6.45, 7) is 8.60. The molecule has 3 aromatic rings. The van der Waals surface area contributed by atoms with Gasteiger partial charge in [-0.25, -0.2) is 9.78 Å². The van der Waals surface area contributed by atoms with Gasteiger partial charge >= 0.3 is 6.03 Å². The van der Waals surface area contributed by atoms with Gasteiger partial charge < -0.3 is 18.8 Å². The molecule has 10 nitrogen and oxygen atoms in total. The van der Waals surface area contributed by atoms with Gasteiger partial charge in [-0.3, -0.25) is 10.1 Å². The molecule has 0 bridgehead atoms. The number of nitrogens with zero attached hydrogens (tertiary/aromatic N) is 6. The predicted octanol–water partition coefficient (Wildman–Crippen LogP) is 2.63. The van der Waals surface area contributed by atoms with Gasteiger partial charge in [-0.2, -0.15) is 0 Å². The summed E-state index contributed by atoms with van der Waals surface area (Å²) >= 11 is 0. The summed E-state index contributed by atoms with van der Waals surface area (Å²) < 4.78 is 7.42. The molecule has 0 radical (unpaired) electrons. The fraction of sp³-hybridized carbons (Fsp3) is 0.409. The highest BCUT2D eigenvalue weighted by atomic mass is 16.3. The van der Waals surface area contributed by atoms with Crippen LogP contribution < -0.4 is 10.9 Å². The molecule has 4 rings (SSSR count). The Balaban J connectivity index is 1.70. The average Bonchev–Trinajstić information content (AvgIpc) is 3.20. The second-order valence-corrected chi connectivity index (χ2v) is 8.22. The van der Waals surface area contributed by atoms with Crippen LogP contribution in [0.25, 0.3) is 22.7 Å². The van der Waals surface area contributed by atoms with Crippen molar-refractivity contribution in [2.45, 2.75) is 26.8 Å². The number of carbonyl (C=O) groups excluding carboxylic acids is 1. The van der Waals surface area contributed by atoms with Crippen LogP contribution in [0.5, 0.6) is 0 Å². The molecule has 4 heterocycles. The second kappa shape index (κ2) is 8.91. The topological polar surface area (TPSA) is 109 Å². The van der Waals surface area contributed by atoms with Crippen molar-refractivity contribution in [1.29, 1.82) is 0 Å². The Morgan fingerprint density at radius 2 is 1.81 bits per heavy atom. The fourth-order valence-corrected chi connectivity index (χ4v) is 3.54. The first-order chi connectivity index (χ1) is 15.3. The molecule has 32 heavy (non-hydrogen) atoms. The largest absolute Gasteiger partial charge is 0.460 e. The van der Waals surface area contributed by atoms with Crippen LogP contribution in [0.4, 0.5) is 10.7 Å². The summed E-state index contributed by atoms with van der Waals surface area (Å²) in [7, 11) is 2.03. The summed E-state index contributed by atoms with van der Waals surface area (Å²) in [6, 6.07) is 6.54. The highest BCUT2D eigenvalue weighted by Crippen LogP contribution is 2.30. The van der Waals surface area contributed by atoms with E-state index in [0.717, 1.165) is 18.8 Å². The number of hydrogen-bond donors (Lipinski definition) is 1. The van der Waals surface area contributed by atoms with E-state index < -0.39 is 0 Å². The number of pyridine rings is 1. The highest BCUT2D eigenvalue weighted by Gasteiger charge is 2.22. The molecule has 1 fully saturated rings. The Kier molecular flexibility index (Phi) is 6.04. The number of hydrogen-bond acceptors (Lipinski definition) is 7. The molecular formula is C22H27N7O3. The molecule has 168 valence electrons. The van der Waals surface area contributed by atoms with Crippen molar-refractivity contribution in [3.63, 3.8) is 0 Å². The lowest BCUT2D eigenvalue weighted by Gasteiger charge is -2.32. The first kappa shape index (κ1) is 21.7. The lowest BCUT2D eigenvalue weighted by atomic mass is 10.1. The number of piperazine rings is 1. The van der Waals surface area contributed by atoms with E-state index in [0.29, 0.717) is 35.8 Å². The minimum atomic E-state index is -0.261. The van der Waals surface area contributed by atoms with Gasteiger partial charge in [-0.15, -0.1) is 10.2 Å². The third kappa shape index (κ3) is 4.54. The number of anilines is 1. The van der Waals surface area contributed by atoms with Gasteiger partial charge in [0.2, 0.25) is 0 Å². The standard InChI is InChI=1S/C22H27N7O3/c1-14(2)29-13-16(6-8-18(29)30)19-20(17-7-5-15(3)32-17)23-21(26-25-19)24-22(31)28-11-9-27(4)10-12-28/h5-8,13-14H,9-12H2,1-4H3,(H,23,24,26,31). The van der Waals surface area contributed by atoms with Crippen molar-refractivity contribution in [2.75, 3.05) is 38.5 Å². The Hall–Kier alpha value is -3.53. The molecule has 1 N–H and O–H groups in total. The van der Waals surface area contributed by atoms with Gasteiger partial charge in [0.1, 0.15) is 17.1 Å². The maximum atomic E-state index is 12.7. The van der Waals surface area contributed by atoms with Crippen LogP contribution in [0.1, 0.15) is 25.6 Å². The van der Waals surface area contributed by atoms with Crippen molar-refractivity contribution < 1.29 is 9.21 Å². The lowest BCUT2D eigenvalue weighted by Crippen LogP contribution is -2.48. The summed E-state index contributed by atoms with van der Waals surface area (Å²) in [4.78, 5) is 33.3. The summed E-state index contributed by atoms with van der Waals surface area (Å²) in [5, 5.41) is 11.2. The predicted molar refractivity (Wildman–Crippen MR) is 120 cm³/mol. The molecule has 10 heteroatoms. The van der Waals surface area contributed by atoms with Crippen LogP contribution in [-0.2, 0) is 0 Å². The number of furan rings is 1. The molecule has 0 aliphatic carbocycles. The van der Waals surface area contributed by atoms with Gasteiger partial charge in [0, 0.05) is 50.0 Å². The summed E-state index contributed by atoms with van der Waals surface area (Å²) in [5.74, 6) is 1.32. The Labute approximate surface area is 185 Å². The number of carbonyl (C=O) groups is 1.